The van der Waals surface area contributed by atoms with E-state index >= 15 is 0 Å². The van der Waals surface area contributed by atoms with Crippen molar-refractivity contribution in [2.24, 2.45) is 0 Å². The molecule has 0 spiro atoms. The molecule has 5 nitrogen and oxygen atoms in total. The SMILES string of the molecule is C[C@]1(/C=C/C(=O)c2ccc3c(c2)OCO3)C=CC(=O)O1. The number of rotatable bonds is 3. The van der Waals surface area contributed by atoms with Gasteiger partial charge in [-0.25, -0.2) is 4.79 Å². The number of hydrogen-bond acceptors (Lipinski definition) is 5. The van der Waals surface area contributed by atoms with Crippen LogP contribution in [0.5, 0.6) is 11.5 Å². The summed E-state index contributed by atoms with van der Waals surface area (Å²) in [6.45, 7) is 1.87. The van der Waals surface area contributed by atoms with Gasteiger partial charge in [-0.05, 0) is 43.4 Å². The first-order valence-corrected chi connectivity index (χ1v) is 6.11. The van der Waals surface area contributed by atoms with Crippen LogP contribution >= 0.6 is 0 Å². The molecule has 2 aliphatic heterocycles. The summed E-state index contributed by atoms with van der Waals surface area (Å²) >= 11 is 0. The topological polar surface area (TPSA) is 61.8 Å². The summed E-state index contributed by atoms with van der Waals surface area (Å²) < 4.78 is 15.5. The van der Waals surface area contributed by atoms with Crippen molar-refractivity contribution in [2.45, 2.75) is 12.5 Å². The van der Waals surface area contributed by atoms with E-state index in [0.717, 1.165) is 0 Å². The normalized spacial score (nSPS) is 23.4. The van der Waals surface area contributed by atoms with Crippen LogP contribution in [0.3, 0.4) is 0 Å². The summed E-state index contributed by atoms with van der Waals surface area (Å²) in [5, 5.41) is 0. The van der Waals surface area contributed by atoms with Crippen molar-refractivity contribution in [3.63, 3.8) is 0 Å². The van der Waals surface area contributed by atoms with Crippen LogP contribution in [0, 0.1) is 0 Å². The van der Waals surface area contributed by atoms with E-state index in [0.29, 0.717) is 17.1 Å². The summed E-state index contributed by atoms with van der Waals surface area (Å²) in [7, 11) is 0. The lowest BCUT2D eigenvalue weighted by atomic mass is 10.0. The van der Waals surface area contributed by atoms with Crippen molar-refractivity contribution in [3.05, 3.63) is 48.1 Å². The van der Waals surface area contributed by atoms with Crippen LogP contribution in [-0.2, 0) is 9.53 Å². The zero-order chi connectivity index (χ0) is 14.2. The summed E-state index contributed by atoms with van der Waals surface area (Å²) in [4.78, 5) is 23.1. The van der Waals surface area contributed by atoms with E-state index in [4.69, 9.17) is 14.2 Å². The Morgan fingerprint density at radius 1 is 1.30 bits per heavy atom. The Labute approximate surface area is 115 Å². The summed E-state index contributed by atoms with van der Waals surface area (Å²) in [5.41, 5.74) is -0.370. The molecule has 0 saturated carbocycles. The highest BCUT2D eigenvalue weighted by molar-refractivity contribution is 6.05. The number of carbonyl (C=O) groups is 2. The number of allylic oxidation sites excluding steroid dienone is 1. The molecule has 2 heterocycles. The monoisotopic (exact) mass is 272 g/mol. The zero-order valence-corrected chi connectivity index (χ0v) is 10.8. The van der Waals surface area contributed by atoms with Crippen LogP contribution in [0.15, 0.2) is 42.5 Å². The van der Waals surface area contributed by atoms with Crippen molar-refractivity contribution in [2.75, 3.05) is 6.79 Å². The minimum Gasteiger partial charge on any atom is -0.454 e. The second-order valence-corrected chi connectivity index (χ2v) is 4.70. The number of cyclic esters (lactones) is 1. The predicted octanol–water partition coefficient (Wildman–Crippen LogP) is 2.03. The Balaban J connectivity index is 1.77. The molecule has 3 rings (SSSR count). The van der Waals surface area contributed by atoms with Crippen molar-refractivity contribution >= 4 is 11.8 Å². The first-order chi connectivity index (χ1) is 9.56. The third-order valence-corrected chi connectivity index (χ3v) is 3.09. The van der Waals surface area contributed by atoms with Gasteiger partial charge in [0.15, 0.2) is 17.3 Å². The quantitative estimate of drug-likeness (QED) is 0.478. The lowest BCUT2D eigenvalue weighted by Crippen LogP contribution is -2.20. The van der Waals surface area contributed by atoms with Crippen LogP contribution < -0.4 is 9.47 Å². The molecule has 2 aliphatic rings. The zero-order valence-electron chi connectivity index (χ0n) is 10.8. The van der Waals surface area contributed by atoms with Crippen LogP contribution in [0.1, 0.15) is 17.3 Å². The molecule has 0 radical (unpaired) electrons. The van der Waals surface area contributed by atoms with Gasteiger partial charge in [0.05, 0.1) is 0 Å². The molecule has 5 heteroatoms. The molecule has 0 aromatic heterocycles. The molecule has 0 fully saturated rings. The number of fused-ring (bicyclic) bond motifs is 1. The van der Waals surface area contributed by atoms with E-state index in [-0.39, 0.29) is 12.6 Å². The molecular formula is C15H12O5. The number of benzene rings is 1. The fourth-order valence-electron chi connectivity index (χ4n) is 2.00. The third kappa shape index (κ3) is 2.30. The molecule has 0 aliphatic carbocycles. The average molecular weight is 272 g/mol. The maximum absolute atomic E-state index is 12.1. The predicted molar refractivity (Wildman–Crippen MR) is 69.7 cm³/mol. The Kier molecular flexibility index (Phi) is 2.82. The first kappa shape index (κ1) is 12.5. The number of hydrogen-bond donors (Lipinski definition) is 0. The van der Waals surface area contributed by atoms with Crippen molar-refractivity contribution < 1.29 is 23.8 Å². The molecule has 0 saturated heterocycles. The van der Waals surface area contributed by atoms with Gasteiger partial charge in [0.1, 0.15) is 5.60 Å². The molecule has 1 atom stereocenters. The minimum absolute atomic E-state index is 0.168. The van der Waals surface area contributed by atoms with Crippen molar-refractivity contribution in [1.29, 1.82) is 0 Å². The van der Waals surface area contributed by atoms with Gasteiger partial charge in [0.25, 0.3) is 0 Å². The fourth-order valence-corrected chi connectivity index (χ4v) is 2.00. The van der Waals surface area contributed by atoms with Gasteiger partial charge in [-0.15, -0.1) is 0 Å². The largest absolute Gasteiger partial charge is 0.454 e. The van der Waals surface area contributed by atoms with Gasteiger partial charge in [-0.1, -0.05) is 0 Å². The summed E-state index contributed by atoms with van der Waals surface area (Å²) in [6.07, 6.45) is 5.90. The van der Waals surface area contributed by atoms with Crippen LogP contribution in [0.25, 0.3) is 0 Å². The van der Waals surface area contributed by atoms with Gasteiger partial charge < -0.3 is 14.2 Å². The minimum atomic E-state index is -0.858. The van der Waals surface area contributed by atoms with Gasteiger partial charge in [0.2, 0.25) is 6.79 Å². The first-order valence-electron chi connectivity index (χ1n) is 6.11. The molecule has 1 aromatic carbocycles. The van der Waals surface area contributed by atoms with Gasteiger partial charge in [-0.2, -0.15) is 0 Å². The van der Waals surface area contributed by atoms with Gasteiger partial charge >= 0.3 is 5.97 Å². The highest BCUT2D eigenvalue weighted by Crippen LogP contribution is 2.32. The Hall–Kier alpha value is -2.56. The van der Waals surface area contributed by atoms with Gasteiger partial charge in [-0.3, -0.25) is 4.79 Å². The fraction of sp³-hybridized carbons (Fsp3) is 0.200. The maximum Gasteiger partial charge on any atom is 0.331 e. The van der Waals surface area contributed by atoms with E-state index < -0.39 is 11.6 Å². The summed E-state index contributed by atoms with van der Waals surface area (Å²) in [5.74, 6) is 0.585. The van der Waals surface area contributed by atoms with Gasteiger partial charge in [0, 0.05) is 11.6 Å². The lowest BCUT2D eigenvalue weighted by molar-refractivity contribution is -0.141. The standard InChI is InChI=1S/C15H12O5/c1-15(7-5-14(17)20-15)6-4-11(16)10-2-3-12-13(8-10)19-9-18-12/h2-8H,9H2,1H3/b6-4+/t15-/m0/s1. The second-order valence-electron chi connectivity index (χ2n) is 4.70. The molecular weight excluding hydrogens is 260 g/mol. The second kappa shape index (κ2) is 4.52. The maximum atomic E-state index is 12.1. The van der Waals surface area contributed by atoms with E-state index in [1.165, 1.54) is 12.2 Å². The Bertz CT molecular complexity index is 644. The van der Waals surface area contributed by atoms with Crippen LogP contribution in [-0.4, -0.2) is 24.1 Å². The number of carbonyl (C=O) groups excluding carboxylic acids is 2. The highest BCUT2D eigenvalue weighted by Gasteiger charge is 2.27. The molecule has 0 amide bonds. The molecule has 0 bridgehead atoms. The van der Waals surface area contributed by atoms with Crippen LogP contribution in [0.2, 0.25) is 0 Å². The lowest BCUT2D eigenvalue weighted by Gasteiger charge is -2.15. The van der Waals surface area contributed by atoms with E-state index in [9.17, 15) is 9.59 Å². The van der Waals surface area contributed by atoms with Crippen molar-refractivity contribution in [3.8, 4) is 11.5 Å². The average Bonchev–Trinajstić information content (AvgIpc) is 3.02. The van der Waals surface area contributed by atoms with E-state index in [1.54, 1.807) is 37.3 Å². The third-order valence-electron chi connectivity index (χ3n) is 3.09. The van der Waals surface area contributed by atoms with E-state index in [1.807, 2.05) is 0 Å². The molecule has 0 unspecified atom stereocenters. The summed E-state index contributed by atoms with van der Waals surface area (Å²) in [6, 6.07) is 4.99. The molecule has 102 valence electrons. The van der Waals surface area contributed by atoms with E-state index in [2.05, 4.69) is 0 Å². The number of ether oxygens (including phenoxy) is 3. The number of ketones is 1. The Morgan fingerprint density at radius 2 is 2.10 bits per heavy atom. The molecule has 0 N–H and O–H groups in total. The smallest absolute Gasteiger partial charge is 0.331 e. The Morgan fingerprint density at radius 3 is 2.85 bits per heavy atom. The molecule has 20 heavy (non-hydrogen) atoms. The molecule has 1 aromatic rings. The number of esters is 1. The highest BCUT2D eigenvalue weighted by atomic mass is 16.7. The van der Waals surface area contributed by atoms with Crippen molar-refractivity contribution in [1.82, 2.24) is 0 Å². The van der Waals surface area contributed by atoms with Crippen LogP contribution in [0.4, 0.5) is 0 Å².